The van der Waals surface area contributed by atoms with Gasteiger partial charge in [-0.05, 0) is 11.6 Å². The molecule has 0 radical (unpaired) electrons. The third-order valence-corrected chi connectivity index (χ3v) is 6.11. The molecule has 138 valence electrons. The topological polar surface area (TPSA) is 63.9 Å². The summed E-state index contributed by atoms with van der Waals surface area (Å²) in [5.74, 6) is 0.392. The Morgan fingerprint density at radius 2 is 2.00 bits per heavy atom. The van der Waals surface area contributed by atoms with Crippen molar-refractivity contribution in [2.75, 3.05) is 17.7 Å². The molecular weight excluding hydrogens is 358 g/mol. The van der Waals surface area contributed by atoms with Gasteiger partial charge in [-0.15, -0.1) is 0 Å². The standard InChI is InChI=1S/C20H21N5OS/c1-20(2)15-7-5-6-8-16(15)24(3)17(20)9-13(26)11-27-19-14-10-23-25(4)18(14)21-12-22-19/h5-10,12H,11H2,1-4H3/b17-9-. The highest BCUT2D eigenvalue weighted by Crippen LogP contribution is 2.46. The molecule has 0 amide bonds. The van der Waals surface area contributed by atoms with E-state index in [1.165, 1.54) is 23.7 Å². The van der Waals surface area contributed by atoms with Gasteiger partial charge in [-0.3, -0.25) is 9.48 Å². The number of anilines is 1. The van der Waals surface area contributed by atoms with Crippen LogP contribution in [0.15, 0.2) is 53.6 Å². The van der Waals surface area contributed by atoms with Crippen molar-refractivity contribution in [1.82, 2.24) is 19.7 Å². The van der Waals surface area contributed by atoms with Crippen molar-refractivity contribution in [2.45, 2.75) is 24.3 Å². The highest BCUT2D eigenvalue weighted by atomic mass is 32.2. The van der Waals surface area contributed by atoms with Gasteiger partial charge in [0.25, 0.3) is 0 Å². The average Bonchev–Trinajstić information content (AvgIpc) is 3.13. The second kappa shape index (κ2) is 6.49. The molecule has 0 spiro atoms. The van der Waals surface area contributed by atoms with E-state index in [-0.39, 0.29) is 11.2 Å². The number of aromatic nitrogens is 4. The number of carbonyl (C=O) groups is 1. The van der Waals surface area contributed by atoms with E-state index < -0.39 is 0 Å². The molecular formula is C20H21N5OS. The summed E-state index contributed by atoms with van der Waals surface area (Å²) in [5, 5.41) is 5.87. The van der Waals surface area contributed by atoms with Gasteiger partial charge in [0.2, 0.25) is 0 Å². The smallest absolute Gasteiger partial charge is 0.167 e. The number of fused-ring (bicyclic) bond motifs is 2. The number of benzene rings is 1. The van der Waals surface area contributed by atoms with E-state index in [4.69, 9.17) is 0 Å². The van der Waals surface area contributed by atoms with Crippen molar-refractivity contribution >= 4 is 34.3 Å². The number of carbonyl (C=O) groups excluding carboxylic acids is 1. The average molecular weight is 379 g/mol. The van der Waals surface area contributed by atoms with Crippen LogP contribution in [0.1, 0.15) is 19.4 Å². The lowest BCUT2D eigenvalue weighted by Crippen LogP contribution is -2.24. The highest BCUT2D eigenvalue weighted by molar-refractivity contribution is 8.00. The van der Waals surface area contributed by atoms with E-state index in [9.17, 15) is 4.79 Å². The quantitative estimate of drug-likeness (QED) is 0.394. The minimum Gasteiger partial charge on any atom is -0.347 e. The Bertz CT molecular complexity index is 1070. The molecule has 4 rings (SSSR count). The second-order valence-electron chi connectivity index (χ2n) is 7.17. The molecule has 0 fully saturated rings. The van der Waals surface area contributed by atoms with Crippen LogP contribution in [0.2, 0.25) is 0 Å². The normalized spacial score (nSPS) is 16.9. The Kier molecular flexibility index (Phi) is 4.26. The first kappa shape index (κ1) is 17.7. The maximum absolute atomic E-state index is 12.7. The summed E-state index contributed by atoms with van der Waals surface area (Å²) in [5.41, 5.74) is 3.99. The minimum atomic E-state index is -0.197. The molecule has 0 aliphatic carbocycles. The first-order valence-electron chi connectivity index (χ1n) is 8.73. The number of aryl methyl sites for hydroxylation is 1. The van der Waals surface area contributed by atoms with E-state index in [0.717, 1.165) is 27.4 Å². The number of ketones is 1. The molecule has 2 aromatic heterocycles. The molecule has 0 N–H and O–H groups in total. The van der Waals surface area contributed by atoms with Gasteiger partial charge in [-0.1, -0.05) is 43.8 Å². The molecule has 1 aliphatic heterocycles. The highest BCUT2D eigenvalue weighted by Gasteiger charge is 2.38. The molecule has 1 aromatic carbocycles. The van der Waals surface area contributed by atoms with Gasteiger partial charge in [-0.25, -0.2) is 9.97 Å². The lowest BCUT2D eigenvalue weighted by molar-refractivity contribution is -0.112. The molecule has 0 saturated carbocycles. The first-order chi connectivity index (χ1) is 12.9. The second-order valence-corrected chi connectivity index (χ2v) is 8.13. The van der Waals surface area contributed by atoms with Gasteiger partial charge in [-0.2, -0.15) is 5.10 Å². The largest absolute Gasteiger partial charge is 0.347 e. The van der Waals surface area contributed by atoms with E-state index in [0.29, 0.717) is 5.75 Å². The van der Waals surface area contributed by atoms with Gasteiger partial charge >= 0.3 is 0 Å². The number of thioether (sulfide) groups is 1. The summed E-state index contributed by atoms with van der Waals surface area (Å²) >= 11 is 1.42. The fourth-order valence-corrected chi connectivity index (χ4v) is 4.43. The Balaban J connectivity index is 1.56. The predicted molar refractivity (Wildman–Crippen MR) is 108 cm³/mol. The molecule has 27 heavy (non-hydrogen) atoms. The zero-order valence-corrected chi connectivity index (χ0v) is 16.6. The molecule has 1 aliphatic rings. The summed E-state index contributed by atoms with van der Waals surface area (Å²) < 4.78 is 1.71. The van der Waals surface area contributed by atoms with Crippen LogP contribution in [0, 0.1) is 0 Å². The fraction of sp³-hybridized carbons (Fsp3) is 0.300. The van der Waals surface area contributed by atoms with Crippen molar-refractivity contribution in [3.8, 4) is 0 Å². The lowest BCUT2D eigenvalue weighted by atomic mass is 9.83. The summed E-state index contributed by atoms with van der Waals surface area (Å²) in [6.07, 6.45) is 5.03. The van der Waals surface area contributed by atoms with Gasteiger partial charge in [0.1, 0.15) is 11.4 Å². The number of allylic oxidation sites excluding steroid dienone is 2. The van der Waals surface area contributed by atoms with Crippen molar-refractivity contribution in [1.29, 1.82) is 0 Å². The van der Waals surface area contributed by atoms with Gasteiger partial charge < -0.3 is 4.90 Å². The van der Waals surface area contributed by atoms with E-state index in [2.05, 4.69) is 45.9 Å². The lowest BCUT2D eigenvalue weighted by Gasteiger charge is -2.23. The molecule has 3 aromatic rings. The Morgan fingerprint density at radius 1 is 1.22 bits per heavy atom. The maximum atomic E-state index is 12.7. The van der Waals surface area contributed by atoms with E-state index in [1.54, 1.807) is 17.0 Å². The zero-order chi connectivity index (χ0) is 19.2. The number of hydrogen-bond acceptors (Lipinski definition) is 6. The Morgan fingerprint density at radius 3 is 2.78 bits per heavy atom. The maximum Gasteiger partial charge on any atom is 0.167 e. The summed E-state index contributed by atoms with van der Waals surface area (Å²) in [7, 11) is 3.86. The van der Waals surface area contributed by atoms with Crippen LogP contribution in [-0.2, 0) is 17.3 Å². The van der Waals surface area contributed by atoms with Crippen molar-refractivity contribution in [3.05, 3.63) is 54.1 Å². The summed E-state index contributed by atoms with van der Waals surface area (Å²) in [4.78, 5) is 23.4. The number of rotatable bonds is 4. The molecule has 0 unspecified atom stereocenters. The fourth-order valence-electron chi connectivity index (χ4n) is 3.65. The van der Waals surface area contributed by atoms with Crippen LogP contribution in [0.4, 0.5) is 5.69 Å². The van der Waals surface area contributed by atoms with Crippen LogP contribution in [-0.4, -0.2) is 38.3 Å². The minimum absolute atomic E-state index is 0.0679. The predicted octanol–water partition coefficient (Wildman–Crippen LogP) is 3.34. The molecule has 0 saturated heterocycles. The van der Waals surface area contributed by atoms with Crippen molar-refractivity contribution in [3.63, 3.8) is 0 Å². The molecule has 7 heteroatoms. The Hall–Kier alpha value is -2.67. The van der Waals surface area contributed by atoms with E-state index in [1.807, 2.05) is 26.2 Å². The summed E-state index contributed by atoms with van der Waals surface area (Å²) in [6, 6.07) is 8.30. The molecule has 0 bridgehead atoms. The van der Waals surface area contributed by atoms with Crippen LogP contribution in [0.5, 0.6) is 0 Å². The third kappa shape index (κ3) is 2.92. The number of para-hydroxylation sites is 1. The number of likely N-dealkylation sites (N-methyl/N-ethyl adjacent to an activating group) is 1. The number of hydrogen-bond donors (Lipinski definition) is 0. The monoisotopic (exact) mass is 379 g/mol. The van der Waals surface area contributed by atoms with Crippen molar-refractivity contribution in [2.24, 2.45) is 7.05 Å². The molecule has 0 atom stereocenters. The Labute approximate surface area is 162 Å². The molecule has 6 nitrogen and oxygen atoms in total. The van der Waals surface area contributed by atoms with Crippen LogP contribution in [0.3, 0.4) is 0 Å². The van der Waals surface area contributed by atoms with Gasteiger partial charge in [0.15, 0.2) is 11.4 Å². The van der Waals surface area contributed by atoms with Crippen LogP contribution in [0.25, 0.3) is 11.0 Å². The van der Waals surface area contributed by atoms with Crippen LogP contribution >= 0.6 is 11.8 Å². The third-order valence-electron chi connectivity index (χ3n) is 5.08. The van der Waals surface area contributed by atoms with E-state index >= 15 is 0 Å². The van der Waals surface area contributed by atoms with Crippen molar-refractivity contribution < 1.29 is 4.79 Å². The zero-order valence-electron chi connectivity index (χ0n) is 15.8. The first-order valence-corrected chi connectivity index (χ1v) is 9.72. The number of nitrogens with zero attached hydrogens (tertiary/aromatic N) is 5. The SMILES string of the molecule is CN1/C(=C\C(=O)CSc2ncnc3c2cnn3C)C(C)(C)c2ccccc21. The van der Waals surface area contributed by atoms with Crippen LogP contribution < -0.4 is 4.90 Å². The van der Waals surface area contributed by atoms with Gasteiger partial charge in [0.05, 0.1) is 17.3 Å². The molecule has 3 heterocycles. The summed E-state index contributed by atoms with van der Waals surface area (Å²) in [6.45, 7) is 4.32. The van der Waals surface area contributed by atoms with Gasteiger partial charge in [0, 0.05) is 37.0 Å².